The number of piperazine rings is 1. The van der Waals surface area contributed by atoms with Crippen LogP contribution in [0.2, 0.25) is 0 Å². The van der Waals surface area contributed by atoms with Gasteiger partial charge in [-0.2, -0.15) is 0 Å². The first kappa shape index (κ1) is 21.6. The number of nitrogens with zero attached hydrogens (tertiary/aromatic N) is 3. The van der Waals surface area contributed by atoms with Crippen LogP contribution in [0.25, 0.3) is 0 Å². The number of ether oxygens (including phenoxy) is 1. The number of anilines is 3. The van der Waals surface area contributed by atoms with Crippen molar-refractivity contribution in [2.45, 2.75) is 6.92 Å². The predicted molar refractivity (Wildman–Crippen MR) is 127 cm³/mol. The number of carbonyl (C=O) groups is 2. The Balaban J connectivity index is 1.37. The Morgan fingerprint density at radius 1 is 0.969 bits per heavy atom. The summed E-state index contributed by atoms with van der Waals surface area (Å²) >= 11 is 1.19. The third-order valence-electron chi connectivity index (χ3n) is 5.25. The quantitative estimate of drug-likeness (QED) is 0.611. The van der Waals surface area contributed by atoms with E-state index in [0.717, 1.165) is 13.1 Å². The van der Waals surface area contributed by atoms with Gasteiger partial charge in [0.1, 0.15) is 10.6 Å². The van der Waals surface area contributed by atoms with Gasteiger partial charge in [-0.25, -0.2) is 9.78 Å². The second-order valence-corrected chi connectivity index (χ2v) is 8.33. The van der Waals surface area contributed by atoms with Crippen molar-refractivity contribution in [1.82, 2.24) is 9.88 Å². The highest BCUT2D eigenvalue weighted by Gasteiger charge is 2.26. The SMILES string of the molecule is COc1ccccc1NC(=O)Nc1nc(C)c(C(=O)N2CCN(c3ccccc3)CC2)s1. The summed E-state index contributed by atoms with van der Waals surface area (Å²) in [6.07, 6.45) is 0. The highest BCUT2D eigenvalue weighted by Crippen LogP contribution is 2.27. The molecule has 0 aliphatic carbocycles. The number of aromatic nitrogens is 1. The van der Waals surface area contributed by atoms with Crippen molar-refractivity contribution >= 4 is 39.8 Å². The van der Waals surface area contributed by atoms with E-state index in [-0.39, 0.29) is 5.91 Å². The van der Waals surface area contributed by atoms with E-state index >= 15 is 0 Å². The minimum absolute atomic E-state index is 0.0501. The number of hydrogen-bond donors (Lipinski definition) is 2. The molecule has 1 saturated heterocycles. The van der Waals surface area contributed by atoms with E-state index in [1.807, 2.05) is 29.2 Å². The Hall–Kier alpha value is -3.59. The number of amides is 3. The second-order valence-electron chi connectivity index (χ2n) is 7.33. The fourth-order valence-electron chi connectivity index (χ4n) is 3.60. The van der Waals surface area contributed by atoms with E-state index in [2.05, 4.69) is 32.7 Å². The van der Waals surface area contributed by atoms with Crippen molar-refractivity contribution in [1.29, 1.82) is 0 Å². The lowest BCUT2D eigenvalue weighted by Crippen LogP contribution is -2.48. The minimum Gasteiger partial charge on any atom is -0.495 e. The van der Waals surface area contributed by atoms with Crippen LogP contribution >= 0.6 is 11.3 Å². The van der Waals surface area contributed by atoms with Crippen LogP contribution < -0.4 is 20.3 Å². The molecule has 0 atom stereocenters. The van der Waals surface area contributed by atoms with Gasteiger partial charge in [0.2, 0.25) is 0 Å². The van der Waals surface area contributed by atoms with Gasteiger partial charge in [-0.3, -0.25) is 10.1 Å². The van der Waals surface area contributed by atoms with Gasteiger partial charge in [-0.15, -0.1) is 0 Å². The van der Waals surface area contributed by atoms with Gasteiger partial charge in [0.25, 0.3) is 5.91 Å². The molecule has 8 nitrogen and oxygen atoms in total. The molecule has 0 spiro atoms. The number of rotatable bonds is 5. The van der Waals surface area contributed by atoms with E-state index in [9.17, 15) is 9.59 Å². The number of hydrogen-bond acceptors (Lipinski definition) is 6. The van der Waals surface area contributed by atoms with Gasteiger partial charge in [-0.1, -0.05) is 41.7 Å². The molecule has 0 saturated carbocycles. The molecule has 9 heteroatoms. The second kappa shape index (κ2) is 9.69. The van der Waals surface area contributed by atoms with Crippen molar-refractivity contribution in [2.24, 2.45) is 0 Å². The molecule has 2 heterocycles. The number of benzene rings is 2. The fourth-order valence-corrected chi connectivity index (χ4v) is 4.53. The summed E-state index contributed by atoms with van der Waals surface area (Å²) in [5.41, 5.74) is 2.33. The molecule has 1 aromatic heterocycles. The molecule has 1 aliphatic heterocycles. The zero-order valence-electron chi connectivity index (χ0n) is 18.0. The number of urea groups is 1. The van der Waals surface area contributed by atoms with E-state index < -0.39 is 6.03 Å². The molecule has 3 aromatic rings. The molecular weight excluding hydrogens is 426 g/mol. The maximum atomic E-state index is 13.1. The van der Waals surface area contributed by atoms with Gasteiger partial charge in [0, 0.05) is 31.9 Å². The first-order valence-electron chi connectivity index (χ1n) is 10.3. The largest absolute Gasteiger partial charge is 0.495 e. The predicted octanol–water partition coefficient (Wildman–Crippen LogP) is 4.07. The summed E-state index contributed by atoms with van der Waals surface area (Å²) in [6, 6.07) is 16.9. The molecule has 1 aliphatic rings. The van der Waals surface area contributed by atoms with Gasteiger partial charge < -0.3 is 19.9 Å². The summed E-state index contributed by atoms with van der Waals surface area (Å²) in [4.78, 5) is 34.5. The van der Waals surface area contributed by atoms with Crippen LogP contribution in [0.15, 0.2) is 54.6 Å². The molecule has 0 unspecified atom stereocenters. The molecule has 0 radical (unpaired) electrons. The maximum absolute atomic E-state index is 13.1. The third-order valence-corrected chi connectivity index (χ3v) is 6.32. The van der Waals surface area contributed by atoms with Crippen molar-refractivity contribution < 1.29 is 14.3 Å². The normalized spacial score (nSPS) is 13.6. The third kappa shape index (κ3) is 4.83. The molecular formula is C23H25N5O3S. The summed E-state index contributed by atoms with van der Waals surface area (Å²) in [5.74, 6) is 0.509. The summed E-state index contributed by atoms with van der Waals surface area (Å²) in [5, 5.41) is 5.83. The Morgan fingerprint density at radius 2 is 1.66 bits per heavy atom. The first-order chi connectivity index (χ1) is 15.5. The van der Waals surface area contributed by atoms with Crippen LogP contribution in [0, 0.1) is 6.92 Å². The molecule has 2 N–H and O–H groups in total. The lowest BCUT2D eigenvalue weighted by Gasteiger charge is -2.36. The summed E-state index contributed by atoms with van der Waals surface area (Å²) in [7, 11) is 1.54. The van der Waals surface area contributed by atoms with Crippen molar-refractivity contribution in [3.05, 3.63) is 65.2 Å². The van der Waals surface area contributed by atoms with Crippen molar-refractivity contribution in [2.75, 3.05) is 48.8 Å². The summed E-state index contributed by atoms with van der Waals surface area (Å²) < 4.78 is 5.24. The number of aryl methyl sites for hydroxylation is 1. The van der Waals surface area contributed by atoms with Gasteiger partial charge >= 0.3 is 6.03 Å². The number of carbonyl (C=O) groups excluding carboxylic acids is 2. The Morgan fingerprint density at radius 3 is 2.38 bits per heavy atom. The average molecular weight is 452 g/mol. The number of para-hydroxylation sites is 3. The molecule has 3 amide bonds. The van der Waals surface area contributed by atoms with Crippen LogP contribution in [-0.2, 0) is 0 Å². The first-order valence-corrected chi connectivity index (χ1v) is 11.1. The fraction of sp³-hybridized carbons (Fsp3) is 0.261. The molecule has 0 bridgehead atoms. The lowest BCUT2D eigenvalue weighted by molar-refractivity contribution is 0.0750. The molecule has 32 heavy (non-hydrogen) atoms. The van der Waals surface area contributed by atoms with Crippen LogP contribution in [-0.4, -0.2) is 55.1 Å². The van der Waals surface area contributed by atoms with Crippen LogP contribution in [0.3, 0.4) is 0 Å². The van der Waals surface area contributed by atoms with E-state index in [0.29, 0.717) is 40.2 Å². The zero-order chi connectivity index (χ0) is 22.5. The van der Waals surface area contributed by atoms with Gasteiger partial charge in [-0.05, 0) is 31.2 Å². The summed E-state index contributed by atoms with van der Waals surface area (Å²) in [6.45, 7) is 4.62. The smallest absolute Gasteiger partial charge is 0.325 e. The standard InChI is InChI=1S/C23H25N5O3S/c1-16-20(21(29)28-14-12-27(13-15-28)17-8-4-3-5-9-17)32-23(24-16)26-22(30)25-18-10-6-7-11-19(18)31-2/h3-11H,12-15H2,1-2H3,(H2,24,25,26,30). The molecule has 2 aromatic carbocycles. The highest BCUT2D eigenvalue weighted by molar-refractivity contribution is 7.17. The number of methoxy groups -OCH3 is 1. The van der Waals surface area contributed by atoms with E-state index in [4.69, 9.17) is 4.74 Å². The van der Waals surface area contributed by atoms with Crippen molar-refractivity contribution in [3.63, 3.8) is 0 Å². The van der Waals surface area contributed by atoms with Crippen LogP contribution in [0.4, 0.5) is 21.3 Å². The maximum Gasteiger partial charge on any atom is 0.325 e. The monoisotopic (exact) mass is 451 g/mol. The average Bonchev–Trinajstić information content (AvgIpc) is 3.19. The van der Waals surface area contributed by atoms with Crippen molar-refractivity contribution in [3.8, 4) is 5.75 Å². The topological polar surface area (TPSA) is 86.8 Å². The zero-order valence-corrected chi connectivity index (χ0v) is 18.8. The van der Waals surface area contributed by atoms with Gasteiger partial charge in [0.05, 0.1) is 18.5 Å². The van der Waals surface area contributed by atoms with Gasteiger partial charge in [0.15, 0.2) is 5.13 Å². The minimum atomic E-state index is -0.446. The molecule has 166 valence electrons. The highest BCUT2D eigenvalue weighted by atomic mass is 32.1. The van der Waals surface area contributed by atoms with E-state index in [1.54, 1.807) is 32.2 Å². The lowest BCUT2D eigenvalue weighted by atomic mass is 10.2. The molecule has 1 fully saturated rings. The van der Waals surface area contributed by atoms with E-state index in [1.165, 1.54) is 17.0 Å². The molecule has 4 rings (SSSR count). The Bertz CT molecular complexity index is 1090. The van der Waals surface area contributed by atoms with Crippen LogP contribution in [0.5, 0.6) is 5.75 Å². The Labute approximate surface area is 190 Å². The number of nitrogens with one attached hydrogen (secondary N) is 2. The van der Waals surface area contributed by atoms with Crippen LogP contribution in [0.1, 0.15) is 15.4 Å². The number of thiazole rings is 1. The Kier molecular flexibility index (Phi) is 6.55.